The van der Waals surface area contributed by atoms with Crippen molar-refractivity contribution in [3.05, 3.63) is 43.1 Å². The molecule has 5 rings (SSSR count). The summed E-state index contributed by atoms with van der Waals surface area (Å²) in [6.07, 6.45) is 5.80. The number of hydrogen-bond acceptors (Lipinski definition) is 5. The van der Waals surface area contributed by atoms with Crippen molar-refractivity contribution in [3.8, 4) is 17.0 Å². The van der Waals surface area contributed by atoms with Gasteiger partial charge in [0.25, 0.3) is 0 Å². The van der Waals surface area contributed by atoms with Crippen LogP contribution >= 0.6 is 0 Å². The molecule has 7 nitrogen and oxygen atoms in total. The smallest absolute Gasteiger partial charge is 0.227 e. The molecule has 2 bridgehead atoms. The van der Waals surface area contributed by atoms with Crippen molar-refractivity contribution in [1.82, 2.24) is 24.8 Å². The molecule has 0 spiro atoms. The second kappa shape index (κ2) is 7.75. The first-order valence-corrected chi connectivity index (χ1v) is 9.84. The molecular weight excluding hydrogens is 354 g/mol. The molecule has 3 saturated heterocycles. The average Bonchev–Trinajstić information content (AvgIpc) is 3.16. The number of phenols is 1. The lowest BCUT2D eigenvalue weighted by molar-refractivity contribution is -0.142. The lowest BCUT2D eigenvalue weighted by Gasteiger charge is -2.49. The zero-order chi connectivity index (χ0) is 19.7. The van der Waals surface area contributed by atoms with Crippen LogP contribution in [0.1, 0.15) is 12.8 Å². The normalized spacial score (nSPS) is 26.2. The van der Waals surface area contributed by atoms with E-state index in [-0.39, 0.29) is 17.6 Å². The standard InChI is InChI=1S/C21H27N5O2/c1-3-8-24(2)21(28)19-13-25-9-7-15(19)10-17(25)12-26-14-20(22-23-26)16-5-4-6-18(27)11-16/h3-6,11,14-15,17,19,27H,1,7-10,12-13H2,2H3/t15-,17+,19-/m0/s1. The lowest BCUT2D eigenvalue weighted by atomic mass is 9.75. The fourth-order valence-corrected chi connectivity index (χ4v) is 4.58. The zero-order valence-corrected chi connectivity index (χ0v) is 16.2. The van der Waals surface area contributed by atoms with Gasteiger partial charge in [-0.1, -0.05) is 23.4 Å². The van der Waals surface area contributed by atoms with Crippen LogP contribution in [-0.2, 0) is 11.3 Å². The van der Waals surface area contributed by atoms with E-state index in [0.29, 0.717) is 18.5 Å². The van der Waals surface area contributed by atoms with Gasteiger partial charge in [-0.2, -0.15) is 0 Å². The highest BCUT2D eigenvalue weighted by molar-refractivity contribution is 5.79. The number of piperidine rings is 3. The van der Waals surface area contributed by atoms with Crippen LogP contribution in [0.25, 0.3) is 11.3 Å². The lowest BCUT2D eigenvalue weighted by Crippen LogP contribution is -2.58. The van der Waals surface area contributed by atoms with Crippen LogP contribution in [0.5, 0.6) is 5.75 Å². The molecule has 3 fully saturated rings. The molecule has 4 atom stereocenters. The van der Waals surface area contributed by atoms with E-state index in [2.05, 4.69) is 21.8 Å². The van der Waals surface area contributed by atoms with E-state index in [1.807, 2.05) is 24.0 Å². The number of likely N-dealkylation sites (N-methyl/N-ethyl adjacent to an activating group) is 1. The Hall–Kier alpha value is -2.67. The quantitative estimate of drug-likeness (QED) is 0.775. The number of fused-ring (bicyclic) bond motifs is 3. The molecule has 28 heavy (non-hydrogen) atoms. The topological polar surface area (TPSA) is 74.5 Å². The highest BCUT2D eigenvalue weighted by Gasteiger charge is 2.44. The summed E-state index contributed by atoms with van der Waals surface area (Å²) in [5.41, 5.74) is 1.61. The molecule has 0 saturated carbocycles. The predicted octanol–water partition coefficient (Wildman–Crippen LogP) is 2.01. The van der Waals surface area contributed by atoms with Crippen molar-refractivity contribution in [2.45, 2.75) is 25.4 Å². The number of carbonyl (C=O) groups is 1. The Labute approximate surface area is 165 Å². The minimum atomic E-state index is 0.0913. The summed E-state index contributed by atoms with van der Waals surface area (Å²) in [6.45, 7) is 6.96. The van der Waals surface area contributed by atoms with Crippen molar-refractivity contribution in [1.29, 1.82) is 0 Å². The molecule has 2 aromatic rings. The second-order valence-electron chi connectivity index (χ2n) is 7.92. The Balaban J connectivity index is 1.41. The van der Waals surface area contributed by atoms with Crippen LogP contribution < -0.4 is 0 Å². The van der Waals surface area contributed by atoms with Gasteiger partial charge in [0.15, 0.2) is 0 Å². The van der Waals surface area contributed by atoms with Crippen LogP contribution in [0.4, 0.5) is 0 Å². The summed E-state index contributed by atoms with van der Waals surface area (Å²) < 4.78 is 1.88. The van der Waals surface area contributed by atoms with Gasteiger partial charge in [0.2, 0.25) is 5.91 Å². The van der Waals surface area contributed by atoms with Crippen molar-refractivity contribution in [3.63, 3.8) is 0 Å². The maximum absolute atomic E-state index is 12.7. The van der Waals surface area contributed by atoms with Gasteiger partial charge < -0.3 is 10.0 Å². The van der Waals surface area contributed by atoms with Crippen LogP contribution in [0.3, 0.4) is 0 Å². The third-order valence-electron chi connectivity index (χ3n) is 6.05. The van der Waals surface area contributed by atoms with Gasteiger partial charge in [0.1, 0.15) is 11.4 Å². The van der Waals surface area contributed by atoms with Gasteiger partial charge in [0, 0.05) is 31.7 Å². The van der Waals surface area contributed by atoms with Gasteiger partial charge in [-0.05, 0) is 37.4 Å². The van der Waals surface area contributed by atoms with Gasteiger partial charge in [0.05, 0.1) is 18.7 Å². The summed E-state index contributed by atoms with van der Waals surface area (Å²) in [6, 6.07) is 7.43. The fraction of sp³-hybridized carbons (Fsp3) is 0.476. The van der Waals surface area contributed by atoms with Crippen LogP contribution in [0.2, 0.25) is 0 Å². The number of rotatable bonds is 6. The number of aromatic nitrogens is 3. The molecule has 1 unspecified atom stereocenters. The summed E-state index contributed by atoms with van der Waals surface area (Å²) in [4.78, 5) is 16.9. The Morgan fingerprint density at radius 1 is 1.46 bits per heavy atom. The molecule has 4 heterocycles. The molecule has 7 heteroatoms. The van der Waals surface area contributed by atoms with E-state index in [0.717, 1.165) is 43.7 Å². The summed E-state index contributed by atoms with van der Waals surface area (Å²) in [7, 11) is 1.86. The number of benzene rings is 1. The van der Waals surface area contributed by atoms with E-state index < -0.39 is 0 Å². The second-order valence-corrected chi connectivity index (χ2v) is 7.92. The molecule has 0 radical (unpaired) electrons. The van der Waals surface area contributed by atoms with Crippen LogP contribution in [-0.4, -0.2) is 68.5 Å². The first-order valence-electron chi connectivity index (χ1n) is 9.84. The van der Waals surface area contributed by atoms with Gasteiger partial charge >= 0.3 is 0 Å². The van der Waals surface area contributed by atoms with Crippen molar-refractivity contribution >= 4 is 5.91 Å². The molecular formula is C21H27N5O2. The first kappa shape index (κ1) is 18.7. The number of aromatic hydroxyl groups is 1. The summed E-state index contributed by atoms with van der Waals surface area (Å²) in [5, 5.41) is 18.2. The monoisotopic (exact) mass is 381 g/mol. The maximum atomic E-state index is 12.7. The van der Waals surface area contributed by atoms with Crippen LogP contribution in [0, 0.1) is 11.8 Å². The highest BCUT2D eigenvalue weighted by atomic mass is 16.3. The maximum Gasteiger partial charge on any atom is 0.227 e. The van der Waals surface area contributed by atoms with Gasteiger partial charge in [-0.15, -0.1) is 11.7 Å². The van der Waals surface area contributed by atoms with Gasteiger partial charge in [-0.25, -0.2) is 0 Å². The van der Waals surface area contributed by atoms with Gasteiger partial charge in [-0.3, -0.25) is 14.4 Å². The number of carbonyl (C=O) groups excluding carboxylic acids is 1. The van der Waals surface area contributed by atoms with E-state index >= 15 is 0 Å². The van der Waals surface area contributed by atoms with E-state index in [1.54, 1.807) is 29.2 Å². The fourth-order valence-electron chi connectivity index (χ4n) is 4.58. The van der Waals surface area contributed by atoms with Crippen LogP contribution in [0.15, 0.2) is 43.1 Å². The average molecular weight is 381 g/mol. The van der Waals surface area contributed by atoms with Crippen molar-refractivity contribution < 1.29 is 9.90 Å². The molecule has 148 valence electrons. The Kier molecular flexibility index (Phi) is 5.17. The Morgan fingerprint density at radius 2 is 2.32 bits per heavy atom. The predicted molar refractivity (Wildman–Crippen MR) is 107 cm³/mol. The molecule has 1 aromatic heterocycles. The van der Waals surface area contributed by atoms with E-state index in [4.69, 9.17) is 0 Å². The molecule has 1 amide bonds. The molecule has 3 aliphatic heterocycles. The Morgan fingerprint density at radius 3 is 3.04 bits per heavy atom. The minimum absolute atomic E-state index is 0.0913. The van der Waals surface area contributed by atoms with Crippen molar-refractivity contribution in [2.24, 2.45) is 11.8 Å². The third kappa shape index (κ3) is 3.67. The molecule has 1 N–H and O–H groups in total. The Bertz CT molecular complexity index is 864. The summed E-state index contributed by atoms with van der Waals surface area (Å²) >= 11 is 0. The third-order valence-corrected chi connectivity index (χ3v) is 6.05. The van der Waals surface area contributed by atoms with Crippen molar-refractivity contribution in [2.75, 3.05) is 26.7 Å². The summed E-state index contributed by atoms with van der Waals surface area (Å²) in [5.74, 6) is 0.984. The molecule has 1 aromatic carbocycles. The number of amides is 1. The highest BCUT2D eigenvalue weighted by Crippen LogP contribution is 2.37. The number of nitrogens with zero attached hydrogens (tertiary/aromatic N) is 5. The first-order chi connectivity index (χ1) is 13.5. The van der Waals surface area contributed by atoms with E-state index in [1.165, 1.54) is 0 Å². The molecule has 0 aliphatic carbocycles. The SMILES string of the molecule is C=CCN(C)C(=O)[C@H]1CN2CC[C@H]1C[C@@H]2Cn1cc(-c2cccc(O)c2)nn1. The minimum Gasteiger partial charge on any atom is -0.508 e. The van der Waals surface area contributed by atoms with E-state index in [9.17, 15) is 9.90 Å². The number of hydrogen-bond donors (Lipinski definition) is 1. The number of phenolic OH excluding ortho intramolecular Hbond substituents is 1. The zero-order valence-electron chi connectivity index (χ0n) is 16.2. The largest absolute Gasteiger partial charge is 0.508 e. The molecule has 3 aliphatic rings.